The van der Waals surface area contributed by atoms with Gasteiger partial charge in [-0.05, 0) is 24.1 Å². The molecule has 1 atom stereocenters. The largest absolute Gasteiger partial charge is 0.254 e. The van der Waals surface area contributed by atoms with E-state index in [1.165, 1.54) is 0 Å². The van der Waals surface area contributed by atoms with Crippen LogP contribution in [0.2, 0.25) is 0 Å². The summed E-state index contributed by atoms with van der Waals surface area (Å²) in [4.78, 5) is 0.922. The zero-order chi connectivity index (χ0) is 10.4. The molecule has 1 aromatic rings. The van der Waals surface area contributed by atoms with Crippen molar-refractivity contribution in [1.29, 1.82) is 0 Å². The second-order valence-electron chi connectivity index (χ2n) is 3.02. The molecule has 0 N–H and O–H groups in total. The molecule has 1 nitrogen and oxygen atoms in total. The van der Waals surface area contributed by atoms with Gasteiger partial charge in [-0.1, -0.05) is 38.1 Å². The standard InChI is InChI=1S/C12H16OS/c1-3-5-7-11-8-6-9-12(10-11)14(13)4-2/h5-10H,3-4H2,1-2H3/b7-5+. The quantitative estimate of drug-likeness (QED) is 0.742. The Hall–Kier alpha value is -0.890. The fourth-order valence-electron chi connectivity index (χ4n) is 1.18. The summed E-state index contributed by atoms with van der Waals surface area (Å²) in [5.41, 5.74) is 1.13. The molecule has 1 unspecified atom stereocenters. The van der Waals surface area contributed by atoms with Gasteiger partial charge in [-0.15, -0.1) is 0 Å². The highest BCUT2D eigenvalue weighted by atomic mass is 32.2. The van der Waals surface area contributed by atoms with Crippen molar-refractivity contribution in [3.63, 3.8) is 0 Å². The lowest BCUT2D eigenvalue weighted by Crippen LogP contribution is -1.93. The Morgan fingerprint density at radius 2 is 2.14 bits per heavy atom. The van der Waals surface area contributed by atoms with Crippen molar-refractivity contribution in [2.45, 2.75) is 25.2 Å². The van der Waals surface area contributed by atoms with Crippen molar-refractivity contribution in [1.82, 2.24) is 0 Å². The van der Waals surface area contributed by atoms with Gasteiger partial charge in [0.2, 0.25) is 0 Å². The van der Waals surface area contributed by atoms with E-state index in [-0.39, 0.29) is 0 Å². The molecule has 0 aliphatic heterocycles. The summed E-state index contributed by atoms with van der Waals surface area (Å²) in [7, 11) is -0.840. The third-order valence-electron chi connectivity index (χ3n) is 1.93. The van der Waals surface area contributed by atoms with E-state index in [0.717, 1.165) is 16.9 Å². The minimum atomic E-state index is -0.840. The van der Waals surface area contributed by atoms with E-state index >= 15 is 0 Å². The molecule has 0 heterocycles. The first kappa shape index (κ1) is 11.2. The molecular weight excluding hydrogens is 192 g/mol. The SMILES string of the molecule is CC/C=C/c1cccc(S(=O)CC)c1. The minimum absolute atomic E-state index is 0.681. The topological polar surface area (TPSA) is 17.1 Å². The van der Waals surface area contributed by atoms with Crippen LogP contribution in [0.4, 0.5) is 0 Å². The van der Waals surface area contributed by atoms with Crippen LogP contribution in [-0.4, -0.2) is 9.96 Å². The van der Waals surface area contributed by atoms with Crippen molar-refractivity contribution in [2.24, 2.45) is 0 Å². The van der Waals surface area contributed by atoms with Crippen molar-refractivity contribution < 1.29 is 4.21 Å². The van der Waals surface area contributed by atoms with Crippen molar-refractivity contribution >= 4 is 16.9 Å². The highest BCUT2D eigenvalue weighted by Crippen LogP contribution is 2.11. The maximum atomic E-state index is 11.5. The highest BCUT2D eigenvalue weighted by Gasteiger charge is 1.99. The predicted molar refractivity (Wildman–Crippen MR) is 62.7 cm³/mol. The number of hydrogen-bond acceptors (Lipinski definition) is 1. The van der Waals surface area contributed by atoms with Gasteiger partial charge in [0, 0.05) is 10.6 Å². The van der Waals surface area contributed by atoms with Gasteiger partial charge in [0.1, 0.15) is 0 Å². The summed E-state index contributed by atoms with van der Waals surface area (Å²) >= 11 is 0. The predicted octanol–water partition coefficient (Wildman–Crippen LogP) is 3.24. The maximum absolute atomic E-state index is 11.5. The van der Waals surface area contributed by atoms with Crippen LogP contribution < -0.4 is 0 Å². The second kappa shape index (κ2) is 5.76. The van der Waals surface area contributed by atoms with Crippen molar-refractivity contribution in [3.8, 4) is 0 Å². The summed E-state index contributed by atoms with van der Waals surface area (Å²) in [6.45, 7) is 4.04. The van der Waals surface area contributed by atoms with Crippen LogP contribution in [0.25, 0.3) is 6.08 Å². The average Bonchev–Trinajstić information content (AvgIpc) is 2.25. The van der Waals surface area contributed by atoms with Crippen LogP contribution >= 0.6 is 0 Å². The van der Waals surface area contributed by atoms with E-state index in [1.54, 1.807) is 0 Å². The molecule has 1 aromatic carbocycles. The summed E-state index contributed by atoms with van der Waals surface area (Å²) in [6, 6.07) is 7.90. The first-order valence-electron chi connectivity index (χ1n) is 4.93. The van der Waals surface area contributed by atoms with Gasteiger partial charge >= 0.3 is 0 Å². The first-order chi connectivity index (χ1) is 6.77. The molecule has 0 amide bonds. The Morgan fingerprint density at radius 1 is 1.36 bits per heavy atom. The Labute approximate surface area is 88.3 Å². The minimum Gasteiger partial charge on any atom is -0.254 e. The van der Waals surface area contributed by atoms with Crippen LogP contribution in [0.5, 0.6) is 0 Å². The lowest BCUT2D eigenvalue weighted by molar-refractivity contribution is 0.684. The van der Waals surface area contributed by atoms with Gasteiger partial charge in [0.25, 0.3) is 0 Å². The normalized spacial score (nSPS) is 13.3. The Kier molecular flexibility index (Phi) is 4.60. The van der Waals surface area contributed by atoms with Gasteiger partial charge in [-0.2, -0.15) is 0 Å². The van der Waals surface area contributed by atoms with E-state index < -0.39 is 10.8 Å². The highest BCUT2D eigenvalue weighted by molar-refractivity contribution is 7.85. The molecule has 0 bridgehead atoms. The molecule has 0 fully saturated rings. The third-order valence-corrected chi connectivity index (χ3v) is 3.23. The van der Waals surface area contributed by atoms with Crippen LogP contribution in [0.1, 0.15) is 25.8 Å². The monoisotopic (exact) mass is 208 g/mol. The Morgan fingerprint density at radius 3 is 2.79 bits per heavy atom. The van der Waals surface area contributed by atoms with Gasteiger partial charge in [0.15, 0.2) is 0 Å². The Bertz CT molecular complexity index is 342. The number of rotatable bonds is 4. The lowest BCUT2D eigenvalue weighted by Gasteiger charge is -2.00. The zero-order valence-electron chi connectivity index (χ0n) is 8.69. The molecule has 0 aromatic heterocycles. The molecule has 14 heavy (non-hydrogen) atoms. The summed E-state index contributed by atoms with van der Waals surface area (Å²) in [5.74, 6) is 0.681. The summed E-state index contributed by atoms with van der Waals surface area (Å²) < 4.78 is 11.5. The molecule has 0 aliphatic rings. The second-order valence-corrected chi connectivity index (χ2v) is 4.76. The molecule has 1 rings (SSSR count). The summed E-state index contributed by atoms with van der Waals surface area (Å²) in [5, 5.41) is 0. The van der Waals surface area contributed by atoms with E-state index in [4.69, 9.17) is 0 Å². The average molecular weight is 208 g/mol. The summed E-state index contributed by atoms with van der Waals surface area (Å²) in [6.07, 6.45) is 5.20. The Balaban J connectivity index is 2.89. The van der Waals surface area contributed by atoms with Crippen LogP contribution in [-0.2, 0) is 10.8 Å². The van der Waals surface area contributed by atoms with Gasteiger partial charge in [-0.25, -0.2) is 0 Å². The van der Waals surface area contributed by atoms with Crippen LogP contribution in [0.15, 0.2) is 35.2 Å². The molecular formula is C12H16OS. The number of allylic oxidation sites excluding steroid dienone is 1. The third kappa shape index (κ3) is 3.11. The molecule has 76 valence electrons. The molecule has 0 spiro atoms. The number of hydrogen-bond donors (Lipinski definition) is 0. The fraction of sp³-hybridized carbons (Fsp3) is 0.333. The fourth-order valence-corrected chi connectivity index (χ4v) is 2.01. The van der Waals surface area contributed by atoms with E-state index in [0.29, 0.717) is 5.75 Å². The maximum Gasteiger partial charge on any atom is 0.0526 e. The number of benzene rings is 1. The van der Waals surface area contributed by atoms with Crippen LogP contribution in [0.3, 0.4) is 0 Å². The molecule has 0 aliphatic carbocycles. The smallest absolute Gasteiger partial charge is 0.0526 e. The van der Waals surface area contributed by atoms with Crippen LogP contribution in [0, 0.1) is 0 Å². The van der Waals surface area contributed by atoms with Gasteiger partial charge in [-0.3, -0.25) is 4.21 Å². The first-order valence-corrected chi connectivity index (χ1v) is 6.24. The molecule has 0 saturated heterocycles. The van der Waals surface area contributed by atoms with E-state index in [9.17, 15) is 4.21 Å². The lowest BCUT2D eigenvalue weighted by atomic mass is 10.2. The molecule has 2 heteroatoms. The molecule has 0 radical (unpaired) electrons. The van der Waals surface area contributed by atoms with Crippen molar-refractivity contribution in [3.05, 3.63) is 35.9 Å². The molecule has 0 saturated carbocycles. The zero-order valence-corrected chi connectivity index (χ0v) is 9.51. The van der Waals surface area contributed by atoms with Gasteiger partial charge < -0.3 is 0 Å². The van der Waals surface area contributed by atoms with E-state index in [1.807, 2.05) is 31.2 Å². The van der Waals surface area contributed by atoms with Gasteiger partial charge in [0.05, 0.1) is 10.8 Å². The van der Waals surface area contributed by atoms with Crippen molar-refractivity contribution in [2.75, 3.05) is 5.75 Å². The van der Waals surface area contributed by atoms with E-state index in [2.05, 4.69) is 19.1 Å².